The third-order valence-corrected chi connectivity index (χ3v) is 5.07. The van der Waals surface area contributed by atoms with Gasteiger partial charge in [0.2, 0.25) is 0 Å². The summed E-state index contributed by atoms with van der Waals surface area (Å²) in [4.78, 5) is 15.8. The summed E-state index contributed by atoms with van der Waals surface area (Å²) in [6, 6.07) is 12.6. The number of hydrogen-bond donors (Lipinski definition) is 2. The number of rotatable bonds is 4. The second-order valence-corrected chi connectivity index (χ2v) is 6.87. The van der Waals surface area contributed by atoms with Crippen molar-refractivity contribution < 1.29 is 13.6 Å². The van der Waals surface area contributed by atoms with Crippen molar-refractivity contribution in [3.05, 3.63) is 72.1 Å². The van der Waals surface area contributed by atoms with Gasteiger partial charge < -0.3 is 15.1 Å². The highest BCUT2D eigenvalue weighted by molar-refractivity contribution is 5.74. The number of hydrogen-bond acceptors (Lipinski definition) is 3. The second-order valence-electron chi connectivity index (χ2n) is 6.87. The fraction of sp³-hybridized carbons (Fsp3) is 0.238. The summed E-state index contributed by atoms with van der Waals surface area (Å²) in [6.45, 7) is 2.19. The Hall–Kier alpha value is -3.42. The van der Waals surface area contributed by atoms with E-state index in [2.05, 4.69) is 15.5 Å². The quantitative estimate of drug-likeness (QED) is 0.709. The molecular weight excluding hydrogens is 376 g/mol. The number of halogens is 2. The van der Waals surface area contributed by atoms with Crippen molar-refractivity contribution in [3.63, 3.8) is 0 Å². The molecular formula is C21H21F2N5O. The number of benzene rings is 2. The number of nitrogens with zero attached hydrogens (tertiary/aromatic N) is 3. The predicted octanol–water partition coefficient (Wildman–Crippen LogP) is 3.39. The highest BCUT2D eigenvalue weighted by atomic mass is 19.2. The molecule has 3 aromatic rings. The van der Waals surface area contributed by atoms with Crippen LogP contribution in [0.1, 0.15) is 5.56 Å². The molecule has 0 bridgehead atoms. The van der Waals surface area contributed by atoms with Gasteiger partial charge in [0.15, 0.2) is 11.6 Å². The average molecular weight is 397 g/mol. The summed E-state index contributed by atoms with van der Waals surface area (Å²) in [5, 5.41) is 9.26. The zero-order valence-electron chi connectivity index (χ0n) is 15.7. The lowest BCUT2D eigenvalue weighted by atomic mass is 10.1. The summed E-state index contributed by atoms with van der Waals surface area (Å²) in [5.74, 6) is -1.78. The van der Waals surface area contributed by atoms with Gasteiger partial charge in [0.1, 0.15) is 0 Å². The summed E-state index contributed by atoms with van der Waals surface area (Å²) >= 11 is 0. The van der Waals surface area contributed by atoms with E-state index in [1.165, 1.54) is 12.4 Å². The molecule has 0 aliphatic carbocycles. The van der Waals surface area contributed by atoms with Crippen LogP contribution in [0.15, 0.2) is 54.9 Å². The van der Waals surface area contributed by atoms with E-state index >= 15 is 0 Å². The zero-order valence-corrected chi connectivity index (χ0v) is 15.7. The Morgan fingerprint density at radius 3 is 2.48 bits per heavy atom. The minimum Gasteiger partial charge on any atom is -0.366 e. The summed E-state index contributed by atoms with van der Waals surface area (Å²) in [6.07, 6.45) is 2.97. The lowest BCUT2D eigenvalue weighted by Crippen LogP contribution is -2.52. The van der Waals surface area contributed by atoms with E-state index in [9.17, 15) is 13.6 Å². The van der Waals surface area contributed by atoms with Crippen molar-refractivity contribution in [2.24, 2.45) is 0 Å². The Bertz CT molecular complexity index is 970. The standard InChI is InChI=1S/C21H21F2N5O/c22-19-17(16-13-25-26-14-16)6-7-18(20(19)23)27-8-10-28(11-9-27)21(29)24-12-15-4-2-1-3-5-15/h1-7,13-14H,8-12H2,(H,24,29)(H,25,26). The first-order chi connectivity index (χ1) is 14.1. The molecule has 0 saturated carbocycles. The lowest BCUT2D eigenvalue weighted by Gasteiger charge is -2.36. The number of piperazine rings is 1. The van der Waals surface area contributed by atoms with Crippen molar-refractivity contribution in [2.75, 3.05) is 31.1 Å². The Morgan fingerprint density at radius 2 is 1.79 bits per heavy atom. The van der Waals surface area contributed by atoms with Crippen molar-refractivity contribution in [3.8, 4) is 11.1 Å². The molecule has 2 amide bonds. The van der Waals surface area contributed by atoms with Gasteiger partial charge in [0.25, 0.3) is 0 Å². The number of amides is 2. The highest BCUT2D eigenvalue weighted by Crippen LogP contribution is 2.30. The number of nitrogens with one attached hydrogen (secondary N) is 2. The van der Waals surface area contributed by atoms with Crippen LogP contribution in [0.3, 0.4) is 0 Å². The lowest BCUT2D eigenvalue weighted by molar-refractivity contribution is 0.194. The molecule has 8 heteroatoms. The van der Waals surface area contributed by atoms with Crippen molar-refractivity contribution in [1.82, 2.24) is 20.4 Å². The SMILES string of the molecule is O=C(NCc1ccccc1)N1CCN(c2ccc(-c3cn[nH]c3)c(F)c2F)CC1. The molecule has 0 radical (unpaired) electrons. The molecule has 1 fully saturated rings. The fourth-order valence-electron chi connectivity index (χ4n) is 3.44. The topological polar surface area (TPSA) is 64.3 Å². The van der Waals surface area contributed by atoms with Crippen LogP contribution in [0.25, 0.3) is 11.1 Å². The Labute approximate surface area is 167 Å². The Morgan fingerprint density at radius 1 is 1.03 bits per heavy atom. The van der Waals surface area contributed by atoms with E-state index in [-0.39, 0.29) is 17.3 Å². The second kappa shape index (κ2) is 8.30. The third kappa shape index (κ3) is 4.06. The highest BCUT2D eigenvalue weighted by Gasteiger charge is 2.25. The van der Waals surface area contributed by atoms with Gasteiger partial charge >= 0.3 is 6.03 Å². The van der Waals surface area contributed by atoms with Crippen LogP contribution in [0.2, 0.25) is 0 Å². The summed E-state index contributed by atoms with van der Waals surface area (Å²) in [7, 11) is 0. The van der Waals surface area contributed by atoms with Gasteiger partial charge in [-0.1, -0.05) is 30.3 Å². The van der Waals surface area contributed by atoms with Gasteiger partial charge in [-0.3, -0.25) is 5.10 Å². The summed E-state index contributed by atoms with van der Waals surface area (Å²) in [5.41, 5.74) is 1.89. The first-order valence-electron chi connectivity index (χ1n) is 9.42. The van der Waals surface area contributed by atoms with Crippen molar-refractivity contribution in [1.29, 1.82) is 0 Å². The van der Waals surface area contributed by atoms with E-state index in [1.807, 2.05) is 30.3 Å². The first-order valence-corrected chi connectivity index (χ1v) is 9.42. The van der Waals surface area contributed by atoms with Crippen LogP contribution in [0, 0.1) is 11.6 Å². The Balaban J connectivity index is 1.37. The molecule has 2 heterocycles. The third-order valence-electron chi connectivity index (χ3n) is 5.07. The monoisotopic (exact) mass is 397 g/mol. The molecule has 2 N–H and O–H groups in total. The number of carbonyl (C=O) groups is 1. The average Bonchev–Trinajstić information content (AvgIpc) is 3.29. The molecule has 0 unspecified atom stereocenters. The van der Waals surface area contributed by atoms with Crippen LogP contribution in [-0.2, 0) is 6.54 Å². The maximum atomic E-state index is 14.7. The molecule has 150 valence electrons. The van der Waals surface area contributed by atoms with Gasteiger partial charge in [0.05, 0.1) is 11.9 Å². The normalized spacial score (nSPS) is 14.1. The molecule has 0 atom stereocenters. The number of aromatic nitrogens is 2. The van der Waals surface area contributed by atoms with Crippen LogP contribution in [0.5, 0.6) is 0 Å². The van der Waals surface area contributed by atoms with Crippen LogP contribution in [0.4, 0.5) is 19.3 Å². The Kier molecular flexibility index (Phi) is 5.41. The minimum atomic E-state index is -0.896. The molecule has 29 heavy (non-hydrogen) atoms. The number of H-pyrrole nitrogens is 1. The molecule has 4 rings (SSSR count). The molecule has 6 nitrogen and oxygen atoms in total. The molecule has 1 aliphatic heterocycles. The number of urea groups is 1. The smallest absolute Gasteiger partial charge is 0.317 e. The van der Waals surface area contributed by atoms with E-state index in [4.69, 9.17) is 0 Å². The first kappa shape index (κ1) is 18.9. The summed E-state index contributed by atoms with van der Waals surface area (Å²) < 4.78 is 29.2. The molecule has 2 aromatic carbocycles. The zero-order chi connectivity index (χ0) is 20.2. The van der Waals surface area contributed by atoms with Gasteiger partial charge in [-0.25, -0.2) is 13.6 Å². The van der Waals surface area contributed by atoms with Gasteiger partial charge in [0, 0.05) is 50.0 Å². The predicted molar refractivity (Wildman–Crippen MR) is 106 cm³/mol. The fourth-order valence-corrected chi connectivity index (χ4v) is 3.44. The van der Waals surface area contributed by atoms with E-state index in [0.29, 0.717) is 38.3 Å². The maximum Gasteiger partial charge on any atom is 0.317 e. The minimum absolute atomic E-state index is 0.157. The van der Waals surface area contributed by atoms with E-state index in [0.717, 1.165) is 5.56 Å². The van der Waals surface area contributed by atoms with E-state index in [1.54, 1.807) is 21.9 Å². The van der Waals surface area contributed by atoms with Crippen LogP contribution >= 0.6 is 0 Å². The molecule has 1 saturated heterocycles. The van der Waals surface area contributed by atoms with Gasteiger partial charge in [-0.2, -0.15) is 5.10 Å². The van der Waals surface area contributed by atoms with E-state index < -0.39 is 11.6 Å². The van der Waals surface area contributed by atoms with Crippen LogP contribution < -0.4 is 10.2 Å². The van der Waals surface area contributed by atoms with Crippen LogP contribution in [-0.4, -0.2) is 47.3 Å². The van der Waals surface area contributed by atoms with Crippen molar-refractivity contribution >= 4 is 11.7 Å². The van der Waals surface area contributed by atoms with Gasteiger partial charge in [-0.15, -0.1) is 0 Å². The maximum absolute atomic E-state index is 14.7. The number of aromatic amines is 1. The molecule has 1 aromatic heterocycles. The number of carbonyl (C=O) groups excluding carboxylic acids is 1. The molecule has 0 spiro atoms. The largest absolute Gasteiger partial charge is 0.366 e. The van der Waals surface area contributed by atoms with Gasteiger partial charge in [-0.05, 0) is 17.7 Å². The molecule has 1 aliphatic rings. The van der Waals surface area contributed by atoms with Crippen molar-refractivity contribution in [2.45, 2.75) is 6.54 Å². The number of anilines is 1.